The van der Waals surface area contributed by atoms with Gasteiger partial charge in [0.25, 0.3) is 0 Å². The van der Waals surface area contributed by atoms with Gasteiger partial charge in [-0.05, 0) is 50.8 Å². The summed E-state index contributed by atoms with van der Waals surface area (Å²) in [6, 6.07) is 7.60. The van der Waals surface area contributed by atoms with Gasteiger partial charge in [-0.2, -0.15) is 0 Å². The molecule has 0 spiro atoms. The van der Waals surface area contributed by atoms with Crippen LogP contribution in [-0.2, 0) is 6.54 Å². The van der Waals surface area contributed by atoms with Crippen molar-refractivity contribution in [3.63, 3.8) is 0 Å². The van der Waals surface area contributed by atoms with Crippen LogP contribution in [0.4, 0.5) is 10.1 Å². The van der Waals surface area contributed by atoms with Crippen molar-refractivity contribution in [3.8, 4) is 0 Å². The SMILES string of the molecule is CC1(C)C[C@@H]2CN(Cc3nccs3)CC[C@@H]2N1c1cccc(F)c1. The van der Waals surface area contributed by atoms with Gasteiger partial charge in [0, 0.05) is 41.9 Å². The first-order valence-electron chi connectivity index (χ1n) is 8.68. The highest BCUT2D eigenvalue weighted by Crippen LogP contribution is 2.44. The molecule has 1 aromatic carbocycles. The highest BCUT2D eigenvalue weighted by molar-refractivity contribution is 7.09. The Balaban J connectivity index is 1.53. The minimum Gasteiger partial charge on any atom is -0.363 e. The molecule has 2 aromatic rings. The van der Waals surface area contributed by atoms with Gasteiger partial charge in [-0.15, -0.1) is 11.3 Å². The van der Waals surface area contributed by atoms with Gasteiger partial charge in [0.2, 0.25) is 0 Å². The fraction of sp³-hybridized carbons (Fsp3) is 0.526. The normalized spacial score (nSPS) is 26.5. The van der Waals surface area contributed by atoms with Crippen molar-refractivity contribution in [2.24, 2.45) is 5.92 Å². The van der Waals surface area contributed by atoms with Crippen LogP contribution in [0.2, 0.25) is 0 Å². The number of benzene rings is 1. The summed E-state index contributed by atoms with van der Waals surface area (Å²) in [5.41, 5.74) is 1.10. The molecular weight excluding hydrogens is 321 g/mol. The number of piperidine rings is 1. The van der Waals surface area contributed by atoms with E-state index < -0.39 is 0 Å². The fourth-order valence-electron chi connectivity index (χ4n) is 4.66. The Morgan fingerprint density at radius 2 is 2.25 bits per heavy atom. The lowest BCUT2D eigenvalue weighted by molar-refractivity contribution is 0.161. The molecule has 2 saturated heterocycles. The van der Waals surface area contributed by atoms with Crippen LogP contribution < -0.4 is 4.90 Å². The smallest absolute Gasteiger partial charge is 0.125 e. The molecule has 128 valence electrons. The minimum absolute atomic E-state index is 0.0698. The lowest BCUT2D eigenvalue weighted by atomic mass is 9.90. The number of rotatable bonds is 3. The largest absolute Gasteiger partial charge is 0.363 e. The molecule has 0 N–H and O–H groups in total. The second kappa shape index (κ2) is 6.12. The third-order valence-electron chi connectivity index (χ3n) is 5.45. The van der Waals surface area contributed by atoms with E-state index in [1.165, 1.54) is 11.1 Å². The van der Waals surface area contributed by atoms with Crippen molar-refractivity contribution in [2.75, 3.05) is 18.0 Å². The summed E-state index contributed by atoms with van der Waals surface area (Å²) >= 11 is 1.74. The van der Waals surface area contributed by atoms with E-state index in [1.54, 1.807) is 17.4 Å². The Kier molecular flexibility index (Phi) is 4.09. The standard InChI is InChI=1S/C19H24FN3S/c1-19(2)11-14-12-22(13-18-21-7-9-24-18)8-6-17(14)23(19)16-5-3-4-15(20)10-16/h3-5,7,9-10,14,17H,6,8,11-13H2,1-2H3/t14-,17+/m1/s1. The third kappa shape index (κ3) is 2.95. The van der Waals surface area contributed by atoms with Crippen LogP contribution in [0, 0.1) is 11.7 Å². The summed E-state index contributed by atoms with van der Waals surface area (Å²) in [5.74, 6) is 0.491. The Labute approximate surface area is 147 Å². The highest BCUT2D eigenvalue weighted by atomic mass is 32.1. The van der Waals surface area contributed by atoms with Crippen molar-refractivity contribution in [3.05, 3.63) is 46.7 Å². The van der Waals surface area contributed by atoms with Gasteiger partial charge in [0.1, 0.15) is 10.8 Å². The Bertz CT molecular complexity index is 700. The Hall–Kier alpha value is -1.46. The van der Waals surface area contributed by atoms with Crippen molar-refractivity contribution in [1.82, 2.24) is 9.88 Å². The van der Waals surface area contributed by atoms with Crippen molar-refractivity contribution >= 4 is 17.0 Å². The second-order valence-electron chi connectivity index (χ2n) is 7.64. The summed E-state index contributed by atoms with van der Waals surface area (Å²) < 4.78 is 13.7. The zero-order valence-corrected chi connectivity index (χ0v) is 15.1. The Morgan fingerprint density at radius 1 is 1.38 bits per heavy atom. The quantitative estimate of drug-likeness (QED) is 0.833. The van der Waals surface area contributed by atoms with Gasteiger partial charge in [0.15, 0.2) is 0 Å². The lowest BCUT2D eigenvalue weighted by Gasteiger charge is -2.41. The van der Waals surface area contributed by atoms with Crippen LogP contribution in [0.25, 0.3) is 0 Å². The summed E-state index contributed by atoms with van der Waals surface area (Å²) in [7, 11) is 0. The molecule has 0 amide bonds. The molecule has 4 rings (SSSR count). The molecule has 0 unspecified atom stereocenters. The van der Waals surface area contributed by atoms with Crippen LogP contribution in [-0.4, -0.2) is 34.6 Å². The van der Waals surface area contributed by atoms with Crippen LogP contribution in [0.3, 0.4) is 0 Å². The molecule has 24 heavy (non-hydrogen) atoms. The van der Waals surface area contributed by atoms with Crippen molar-refractivity contribution in [1.29, 1.82) is 0 Å². The number of hydrogen-bond acceptors (Lipinski definition) is 4. The molecule has 0 saturated carbocycles. The highest BCUT2D eigenvalue weighted by Gasteiger charge is 2.48. The fourth-order valence-corrected chi connectivity index (χ4v) is 5.32. The first-order chi connectivity index (χ1) is 11.5. The van der Waals surface area contributed by atoms with Crippen molar-refractivity contribution in [2.45, 2.75) is 44.8 Å². The molecule has 2 atom stereocenters. The maximum atomic E-state index is 13.7. The molecule has 3 nitrogen and oxygen atoms in total. The number of hydrogen-bond donors (Lipinski definition) is 0. The topological polar surface area (TPSA) is 19.4 Å². The van der Waals surface area contributed by atoms with Crippen LogP contribution in [0.5, 0.6) is 0 Å². The molecular formula is C19H24FN3S. The molecule has 3 heterocycles. The summed E-state index contributed by atoms with van der Waals surface area (Å²) in [4.78, 5) is 9.43. The van der Waals surface area contributed by atoms with Gasteiger partial charge in [-0.1, -0.05) is 6.07 Å². The molecule has 0 bridgehead atoms. The summed E-state index contributed by atoms with van der Waals surface area (Å²) in [6.45, 7) is 7.74. The minimum atomic E-state index is -0.145. The van der Waals surface area contributed by atoms with E-state index in [2.05, 4.69) is 34.7 Å². The van der Waals surface area contributed by atoms with Gasteiger partial charge in [-0.25, -0.2) is 9.37 Å². The molecule has 5 heteroatoms. The number of nitrogens with zero attached hydrogens (tertiary/aromatic N) is 3. The molecule has 2 fully saturated rings. The lowest BCUT2D eigenvalue weighted by Crippen LogP contribution is -2.48. The molecule has 0 radical (unpaired) electrons. The van der Waals surface area contributed by atoms with E-state index >= 15 is 0 Å². The predicted octanol–water partition coefficient (Wildman–Crippen LogP) is 4.16. The van der Waals surface area contributed by atoms with Crippen LogP contribution in [0.1, 0.15) is 31.7 Å². The number of fused-ring (bicyclic) bond motifs is 1. The van der Waals surface area contributed by atoms with E-state index in [1.807, 2.05) is 17.6 Å². The predicted molar refractivity (Wildman–Crippen MR) is 96.9 cm³/mol. The van der Waals surface area contributed by atoms with E-state index in [9.17, 15) is 4.39 Å². The zero-order valence-electron chi connectivity index (χ0n) is 14.3. The van der Waals surface area contributed by atoms with E-state index in [0.717, 1.165) is 38.2 Å². The number of aromatic nitrogens is 1. The number of likely N-dealkylation sites (tertiary alicyclic amines) is 1. The first kappa shape index (κ1) is 16.0. The number of anilines is 1. The second-order valence-corrected chi connectivity index (χ2v) is 8.62. The number of halogens is 1. The van der Waals surface area contributed by atoms with Gasteiger partial charge < -0.3 is 4.90 Å². The monoisotopic (exact) mass is 345 g/mol. The Morgan fingerprint density at radius 3 is 3.00 bits per heavy atom. The van der Waals surface area contributed by atoms with E-state index in [4.69, 9.17) is 0 Å². The third-order valence-corrected chi connectivity index (χ3v) is 6.22. The first-order valence-corrected chi connectivity index (χ1v) is 9.56. The van der Waals surface area contributed by atoms with Gasteiger partial charge >= 0.3 is 0 Å². The van der Waals surface area contributed by atoms with Crippen LogP contribution >= 0.6 is 11.3 Å². The molecule has 2 aliphatic heterocycles. The summed E-state index contributed by atoms with van der Waals surface area (Å²) in [6.07, 6.45) is 4.18. The molecule has 0 aliphatic carbocycles. The summed E-state index contributed by atoms with van der Waals surface area (Å²) in [5, 5.41) is 3.25. The maximum Gasteiger partial charge on any atom is 0.125 e. The number of thiazole rings is 1. The zero-order chi connectivity index (χ0) is 16.7. The van der Waals surface area contributed by atoms with Crippen molar-refractivity contribution < 1.29 is 4.39 Å². The molecule has 2 aliphatic rings. The van der Waals surface area contributed by atoms with Gasteiger partial charge in [0.05, 0.1) is 6.54 Å². The molecule has 1 aromatic heterocycles. The average molecular weight is 345 g/mol. The van der Waals surface area contributed by atoms with Gasteiger partial charge in [-0.3, -0.25) is 4.90 Å². The van der Waals surface area contributed by atoms with Crippen LogP contribution in [0.15, 0.2) is 35.8 Å². The van der Waals surface area contributed by atoms with E-state index in [-0.39, 0.29) is 11.4 Å². The average Bonchev–Trinajstić information content (AvgIpc) is 3.11. The maximum absolute atomic E-state index is 13.7. The van der Waals surface area contributed by atoms with E-state index in [0.29, 0.717) is 12.0 Å².